The summed E-state index contributed by atoms with van der Waals surface area (Å²) >= 11 is 0. The quantitative estimate of drug-likeness (QED) is 0.603. The number of piperidine rings is 1. The predicted octanol–water partition coefficient (Wildman–Crippen LogP) is 1.87. The standard InChI is InChI=1S/C12H19F3N2/c1-3-6-16-9-10(2)17-7-4-11(5-8-17)12(13,14)15/h1,10-11,16H,4-9H2,2H3. The van der Waals surface area contributed by atoms with Crippen LogP contribution in [0.2, 0.25) is 0 Å². The highest BCUT2D eigenvalue weighted by Crippen LogP contribution is 2.34. The Morgan fingerprint density at radius 2 is 2.00 bits per heavy atom. The van der Waals surface area contributed by atoms with Gasteiger partial charge in [0.25, 0.3) is 0 Å². The zero-order valence-corrected chi connectivity index (χ0v) is 10.1. The van der Waals surface area contributed by atoms with Gasteiger partial charge in [0.05, 0.1) is 12.5 Å². The Hall–Kier alpha value is -0.730. The van der Waals surface area contributed by atoms with E-state index in [0.29, 0.717) is 19.6 Å². The maximum Gasteiger partial charge on any atom is 0.391 e. The molecule has 5 heteroatoms. The molecule has 1 aliphatic heterocycles. The molecule has 98 valence electrons. The second kappa shape index (κ2) is 6.27. The Morgan fingerprint density at radius 3 is 2.47 bits per heavy atom. The van der Waals surface area contributed by atoms with Crippen LogP contribution >= 0.6 is 0 Å². The second-order valence-corrected chi connectivity index (χ2v) is 4.54. The van der Waals surface area contributed by atoms with Crippen LogP contribution in [0.4, 0.5) is 13.2 Å². The van der Waals surface area contributed by atoms with Crippen LogP contribution in [-0.4, -0.2) is 43.3 Å². The van der Waals surface area contributed by atoms with Crippen molar-refractivity contribution in [3.05, 3.63) is 0 Å². The van der Waals surface area contributed by atoms with E-state index in [1.165, 1.54) is 0 Å². The molecule has 0 spiro atoms. The fraction of sp³-hybridized carbons (Fsp3) is 0.833. The number of terminal acetylenes is 1. The number of hydrogen-bond acceptors (Lipinski definition) is 2. The lowest BCUT2D eigenvalue weighted by atomic mass is 9.95. The van der Waals surface area contributed by atoms with Crippen molar-refractivity contribution in [2.24, 2.45) is 5.92 Å². The van der Waals surface area contributed by atoms with E-state index in [1.807, 2.05) is 6.92 Å². The number of nitrogens with one attached hydrogen (secondary N) is 1. The molecule has 2 nitrogen and oxygen atoms in total. The lowest BCUT2D eigenvalue weighted by molar-refractivity contribution is -0.185. The summed E-state index contributed by atoms with van der Waals surface area (Å²) < 4.78 is 37.4. The van der Waals surface area contributed by atoms with Crippen LogP contribution in [0.15, 0.2) is 0 Å². The van der Waals surface area contributed by atoms with Gasteiger partial charge in [0.1, 0.15) is 0 Å². The van der Waals surface area contributed by atoms with Crippen molar-refractivity contribution in [3.63, 3.8) is 0 Å². The molecule has 0 amide bonds. The molecule has 0 aromatic rings. The molecule has 0 bridgehead atoms. The summed E-state index contributed by atoms with van der Waals surface area (Å²) in [5, 5.41) is 3.07. The first-order chi connectivity index (χ1) is 7.95. The van der Waals surface area contributed by atoms with Crippen molar-refractivity contribution in [1.82, 2.24) is 10.2 Å². The molecule has 0 aromatic carbocycles. The Balaban J connectivity index is 2.29. The summed E-state index contributed by atoms with van der Waals surface area (Å²) in [6.07, 6.45) is 1.50. The molecule has 1 unspecified atom stereocenters. The molecule has 1 heterocycles. The third-order valence-corrected chi connectivity index (χ3v) is 3.28. The molecule has 1 fully saturated rings. The lowest BCUT2D eigenvalue weighted by Crippen LogP contribution is -2.46. The Bertz CT molecular complexity index is 262. The van der Waals surface area contributed by atoms with Crippen molar-refractivity contribution >= 4 is 0 Å². The van der Waals surface area contributed by atoms with Crippen LogP contribution in [0.25, 0.3) is 0 Å². The molecule has 1 rings (SSSR count). The van der Waals surface area contributed by atoms with Gasteiger partial charge in [-0.25, -0.2) is 0 Å². The van der Waals surface area contributed by atoms with Crippen LogP contribution < -0.4 is 5.32 Å². The SMILES string of the molecule is C#CCNCC(C)N1CCC(C(F)(F)F)CC1. The summed E-state index contributed by atoms with van der Waals surface area (Å²) in [6, 6.07) is 0.234. The maximum absolute atomic E-state index is 12.5. The van der Waals surface area contributed by atoms with Gasteiger partial charge < -0.3 is 5.32 Å². The van der Waals surface area contributed by atoms with E-state index in [0.717, 1.165) is 6.54 Å². The molecule has 1 saturated heterocycles. The third kappa shape index (κ3) is 4.57. The van der Waals surface area contributed by atoms with E-state index in [9.17, 15) is 13.2 Å². The van der Waals surface area contributed by atoms with E-state index in [1.54, 1.807) is 0 Å². The fourth-order valence-electron chi connectivity index (χ4n) is 2.15. The van der Waals surface area contributed by atoms with Gasteiger partial charge >= 0.3 is 6.18 Å². The molecular formula is C12H19F3N2. The monoisotopic (exact) mass is 248 g/mol. The van der Waals surface area contributed by atoms with Gasteiger partial charge in [-0.15, -0.1) is 6.42 Å². The van der Waals surface area contributed by atoms with Crippen LogP contribution in [0, 0.1) is 18.3 Å². The Morgan fingerprint density at radius 1 is 1.41 bits per heavy atom. The third-order valence-electron chi connectivity index (χ3n) is 3.28. The van der Waals surface area contributed by atoms with Gasteiger partial charge in [-0.1, -0.05) is 5.92 Å². The van der Waals surface area contributed by atoms with Crippen molar-refractivity contribution < 1.29 is 13.2 Å². The van der Waals surface area contributed by atoms with E-state index in [4.69, 9.17) is 6.42 Å². The first kappa shape index (κ1) is 14.3. The smallest absolute Gasteiger partial charge is 0.305 e. The van der Waals surface area contributed by atoms with Crippen molar-refractivity contribution in [2.45, 2.75) is 32.0 Å². The highest BCUT2D eigenvalue weighted by Gasteiger charge is 2.41. The van der Waals surface area contributed by atoms with E-state index in [-0.39, 0.29) is 18.9 Å². The summed E-state index contributed by atoms with van der Waals surface area (Å²) in [7, 11) is 0. The zero-order chi connectivity index (χ0) is 12.9. The highest BCUT2D eigenvalue weighted by atomic mass is 19.4. The van der Waals surface area contributed by atoms with E-state index in [2.05, 4.69) is 16.1 Å². The minimum atomic E-state index is -4.03. The minimum Gasteiger partial charge on any atom is -0.305 e. The van der Waals surface area contributed by atoms with Crippen molar-refractivity contribution in [1.29, 1.82) is 0 Å². The molecular weight excluding hydrogens is 229 g/mol. The molecule has 0 radical (unpaired) electrons. The number of nitrogens with zero attached hydrogens (tertiary/aromatic N) is 1. The normalized spacial score (nSPS) is 21.1. The minimum absolute atomic E-state index is 0.211. The number of rotatable bonds is 4. The maximum atomic E-state index is 12.5. The van der Waals surface area contributed by atoms with Gasteiger partial charge in [0.15, 0.2) is 0 Å². The Kier molecular flexibility index (Phi) is 5.29. The molecule has 17 heavy (non-hydrogen) atoms. The molecule has 1 atom stereocenters. The fourth-order valence-corrected chi connectivity index (χ4v) is 2.15. The van der Waals surface area contributed by atoms with Crippen LogP contribution in [-0.2, 0) is 0 Å². The van der Waals surface area contributed by atoms with Crippen LogP contribution in [0.3, 0.4) is 0 Å². The molecule has 1 N–H and O–H groups in total. The summed E-state index contributed by atoms with van der Waals surface area (Å²) in [5.74, 6) is 1.35. The van der Waals surface area contributed by atoms with E-state index >= 15 is 0 Å². The molecule has 1 aliphatic rings. The van der Waals surface area contributed by atoms with Gasteiger partial charge in [0.2, 0.25) is 0 Å². The van der Waals surface area contributed by atoms with Crippen LogP contribution in [0.5, 0.6) is 0 Å². The van der Waals surface area contributed by atoms with Crippen molar-refractivity contribution in [3.8, 4) is 12.3 Å². The summed E-state index contributed by atoms with van der Waals surface area (Å²) in [5.41, 5.74) is 0. The van der Waals surface area contributed by atoms with Gasteiger partial charge in [-0.05, 0) is 32.9 Å². The number of hydrogen-bond donors (Lipinski definition) is 1. The Labute approximate surface area is 101 Å². The van der Waals surface area contributed by atoms with Gasteiger partial charge in [0, 0.05) is 12.6 Å². The zero-order valence-electron chi connectivity index (χ0n) is 10.1. The number of alkyl halides is 3. The average Bonchev–Trinajstić information content (AvgIpc) is 2.28. The topological polar surface area (TPSA) is 15.3 Å². The molecule has 0 aromatic heterocycles. The number of halogens is 3. The number of likely N-dealkylation sites (tertiary alicyclic amines) is 1. The molecule has 0 saturated carbocycles. The van der Waals surface area contributed by atoms with E-state index < -0.39 is 12.1 Å². The predicted molar refractivity (Wildman–Crippen MR) is 61.5 cm³/mol. The summed E-state index contributed by atoms with van der Waals surface area (Å²) in [6.45, 7) is 4.27. The van der Waals surface area contributed by atoms with Crippen LogP contribution in [0.1, 0.15) is 19.8 Å². The first-order valence-electron chi connectivity index (χ1n) is 5.90. The summed E-state index contributed by atoms with van der Waals surface area (Å²) in [4.78, 5) is 2.09. The van der Waals surface area contributed by atoms with Gasteiger partial charge in [-0.3, -0.25) is 4.90 Å². The highest BCUT2D eigenvalue weighted by molar-refractivity contribution is 4.87. The first-order valence-corrected chi connectivity index (χ1v) is 5.90. The van der Waals surface area contributed by atoms with Crippen molar-refractivity contribution in [2.75, 3.05) is 26.2 Å². The lowest BCUT2D eigenvalue weighted by Gasteiger charge is -2.36. The van der Waals surface area contributed by atoms with Gasteiger partial charge in [-0.2, -0.15) is 13.2 Å². The average molecular weight is 248 g/mol. The largest absolute Gasteiger partial charge is 0.391 e. The molecule has 0 aliphatic carbocycles. The second-order valence-electron chi connectivity index (χ2n) is 4.54.